The smallest absolute Gasteiger partial charge is 0.267 e. The van der Waals surface area contributed by atoms with E-state index in [9.17, 15) is 4.79 Å². The van der Waals surface area contributed by atoms with Crippen LogP contribution in [0.3, 0.4) is 0 Å². The molecule has 2 aromatic carbocycles. The molecular formula is C15H11Cl3N2O. The fraction of sp³-hybridized carbons (Fsp3) is 0.0667. The molecule has 0 radical (unpaired) electrons. The number of hydrogen-bond acceptors (Lipinski definition) is 2. The summed E-state index contributed by atoms with van der Waals surface area (Å²) in [6.45, 7) is 1.90. The van der Waals surface area contributed by atoms with Gasteiger partial charge in [0, 0.05) is 10.6 Å². The van der Waals surface area contributed by atoms with Crippen molar-refractivity contribution in [1.82, 2.24) is 5.43 Å². The topological polar surface area (TPSA) is 41.5 Å². The van der Waals surface area contributed by atoms with Gasteiger partial charge in [-0.05, 0) is 36.8 Å². The van der Waals surface area contributed by atoms with E-state index in [1.54, 1.807) is 36.4 Å². The van der Waals surface area contributed by atoms with Crippen LogP contribution in [0.25, 0.3) is 0 Å². The highest BCUT2D eigenvalue weighted by Crippen LogP contribution is 2.19. The minimum absolute atomic E-state index is 0.363. The molecule has 0 aliphatic rings. The van der Waals surface area contributed by atoms with E-state index < -0.39 is 0 Å². The molecule has 0 aliphatic heterocycles. The third-order valence-electron chi connectivity index (χ3n) is 2.70. The van der Waals surface area contributed by atoms with E-state index in [0.29, 0.717) is 26.2 Å². The number of rotatable bonds is 3. The highest BCUT2D eigenvalue weighted by molar-refractivity contribution is 6.36. The van der Waals surface area contributed by atoms with Crippen LogP contribution < -0.4 is 5.43 Å². The number of aryl methyl sites for hydroxylation is 1. The van der Waals surface area contributed by atoms with Crippen LogP contribution in [0.5, 0.6) is 0 Å². The molecule has 3 nitrogen and oxygen atoms in total. The number of nitrogens with one attached hydrogen (secondary N) is 1. The maximum atomic E-state index is 11.9. The molecular weight excluding hydrogens is 331 g/mol. The summed E-state index contributed by atoms with van der Waals surface area (Å²) in [6.07, 6.45) is 1.44. The van der Waals surface area contributed by atoms with Gasteiger partial charge in [0.25, 0.3) is 5.91 Å². The quantitative estimate of drug-likeness (QED) is 0.637. The number of halogens is 3. The summed E-state index contributed by atoms with van der Waals surface area (Å²) in [5.74, 6) is -0.388. The van der Waals surface area contributed by atoms with Crippen molar-refractivity contribution in [3.8, 4) is 0 Å². The van der Waals surface area contributed by atoms with Crippen molar-refractivity contribution < 1.29 is 4.79 Å². The Labute approximate surface area is 137 Å². The zero-order valence-electron chi connectivity index (χ0n) is 11.0. The Kier molecular flexibility index (Phi) is 5.23. The van der Waals surface area contributed by atoms with Gasteiger partial charge in [-0.25, -0.2) is 5.43 Å². The van der Waals surface area contributed by atoms with E-state index in [1.165, 1.54) is 6.21 Å². The number of nitrogens with zero attached hydrogens (tertiary/aromatic N) is 1. The lowest BCUT2D eigenvalue weighted by Crippen LogP contribution is -2.18. The molecule has 0 heterocycles. The largest absolute Gasteiger partial charge is 0.272 e. The lowest BCUT2D eigenvalue weighted by Gasteiger charge is -2.03. The molecule has 0 spiro atoms. The van der Waals surface area contributed by atoms with E-state index in [-0.39, 0.29) is 5.91 Å². The fourth-order valence-corrected chi connectivity index (χ4v) is 2.41. The fourth-order valence-electron chi connectivity index (χ4n) is 1.63. The molecule has 2 aromatic rings. The number of carbonyl (C=O) groups excluding carboxylic acids is 1. The van der Waals surface area contributed by atoms with Gasteiger partial charge in [0.2, 0.25) is 0 Å². The van der Waals surface area contributed by atoms with Crippen molar-refractivity contribution in [2.45, 2.75) is 6.92 Å². The highest BCUT2D eigenvalue weighted by atomic mass is 35.5. The first-order chi connectivity index (χ1) is 9.97. The Morgan fingerprint density at radius 3 is 2.52 bits per heavy atom. The van der Waals surface area contributed by atoms with E-state index in [0.717, 1.165) is 5.56 Å². The maximum absolute atomic E-state index is 11.9. The standard InChI is InChI=1S/C15H11Cl3N2O/c1-9-2-5-12(14(18)6-9)15(21)20-19-8-10-3-4-11(16)7-13(10)17/h2-8H,1H3,(H,20,21). The van der Waals surface area contributed by atoms with Crippen molar-refractivity contribution in [3.63, 3.8) is 0 Å². The predicted molar refractivity (Wildman–Crippen MR) is 87.7 cm³/mol. The van der Waals surface area contributed by atoms with Crippen molar-refractivity contribution in [2.24, 2.45) is 5.10 Å². The Balaban J connectivity index is 2.08. The third-order valence-corrected chi connectivity index (χ3v) is 3.58. The number of carbonyl (C=O) groups is 1. The molecule has 0 unspecified atom stereocenters. The second-order valence-corrected chi connectivity index (χ2v) is 5.60. The second-order valence-electron chi connectivity index (χ2n) is 4.35. The Morgan fingerprint density at radius 1 is 1.10 bits per heavy atom. The zero-order chi connectivity index (χ0) is 15.4. The van der Waals surface area contributed by atoms with Gasteiger partial charge in [-0.2, -0.15) is 5.10 Å². The van der Waals surface area contributed by atoms with Gasteiger partial charge in [0.1, 0.15) is 0 Å². The first kappa shape index (κ1) is 15.8. The summed E-state index contributed by atoms with van der Waals surface area (Å²) in [6, 6.07) is 10.2. The van der Waals surface area contributed by atoms with Crippen LogP contribution in [0.15, 0.2) is 41.5 Å². The average molecular weight is 342 g/mol. The van der Waals surface area contributed by atoms with Crippen LogP contribution in [-0.2, 0) is 0 Å². The molecule has 6 heteroatoms. The monoisotopic (exact) mass is 340 g/mol. The number of benzene rings is 2. The lowest BCUT2D eigenvalue weighted by atomic mass is 10.1. The number of amides is 1. The van der Waals surface area contributed by atoms with Gasteiger partial charge in [0.05, 0.1) is 21.8 Å². The Hall–Kier alpha value is -1.55. The van der Waals surface area contributed by atoms with Crippen LogP contribution in [0.4, 0.5) is 0 Å². The summed E-state index contributed by atoms with van der Waals surface area (Å²) in [5, 5.41) is 5.23. The third kappa shape index (κ3) is 4.21. The molecule has 0 aromatic heterocycles. The molecule has 0 bridgehead atoms. The van der Waals surface area contributed by atoms with Crippen molar-refractivity contribution in [3.05, 3.63) is 68.2 Å². The number of hydrogen-bond donors (Lipinski definition) is 1. The van der Waals surface area contributed by atoms with Crippen molar-refractivity contribution in [1.29, 1.82) is 0 Å². The highest BCUT2D eigenvalue weighted by Gasteiger charge is 2.09. The average Bonchev–Trinajstić information content (AvgIpc) is 2.41. The Bertz CT molecular complexity index is 714. The summed E-state index contributed by atoms with van der Waals surface area (Å²) in [4.78, 5) is 11.9. The molecule has 1 amide bonds. The second kappa shape index (κ2) is 6.94. The van der Waals surface area contributed by atoms with E-state index in [4.69, 9.17) is 34.8 Å². The first-order valence-electron chi connectivity index (χ1n) is 6.02. The van der Waals surface area contributed by atoms with Gasteiger partial charge in [-0.15, -0.1) is 0 Å². The summed E-state index contributed by atoms with van der Waals surface area (Å²) in [5.41, 5.74) is 4.40. The zero-order valence-corrected chi connectivity index (χ0v) is 13.3. The van der Waals surface area contributed by atoms with Crippen LogP contribution in [0, 0.1) is 6.92 Å². The minimum atomic E-state index is -0.388. The summed E-state index contributed by atoms with van der Waals surface area (Å²) < 4.78 is 0. The van der Waals surface area contributed by atoms with Crippen LogP contribution >= 0.6 is 34.8 Å². The molecule has 1 N–H and O–H groups in total. The number of hydrazone groups is 1. The predicted octanol–water partition coefficient (Wildman–Crippen LogP) is 4.72. The summed E-state index contributed by atoms with van der Waals surface area (Å²) in [7, 11) is 0. The van der Waals surface area contributed by atoms with E-state index >= 15 is 0 Å². The molecule has 0 aliphatic carbocycles. The lowest BCUT2D eigenvalue weighted by molar-refractivity contribution is 0.0955. The molecule has 2 rings (SSSR count). The molecule has 0 saturated carbocycles. The molecule has 0 atom stereocenters. The van der Waals surface area contributed by atoms with Crippen LogP contribution in [0.1, 0.15) is 21.5 Å². The molecule has 21 heavy (non-hydrogen) atoms. The summed E-state index contributed by atoms with van der Waals surface area (Å²) >= 11 is 17.8. The van der Waals surface area contributed by atoms with E-state index in [1.807, 2.05) is 6.92 Å². The van der Waals surface area contributed by atoms with Crippen molar-refractivity contribution >= 4 is 46.9 Å². The maximum Gasteiger partial charge on any atom is 0.272 e. The van der Waals surface area contributed by atoms with Gasteiger partial charge in [-0.1, -0.05) is 46.9 Å². The molecule has 0 saturated heterocycles. The normalized spacial score (nSPS) is 10.9. The SMILES string of the molecule is Cc1ccc(C(=O)NN=Cc2ccc(Cl)cc2Cl)c(Cl)c1. The molecule has 0 fully saturated rings. The van der Waals surface area contributed by atoms with Crippen LogP contribution in [0.2, 0.25) is 15.1 Å². The van der Waals surface area contributed by atoms with Crippen molar-refractivity contribution in [2.75, 3.05) is 0 Å². The van der Waals surface area contributed by atoms with Gasteiger partial charge < -0.3 is 0 Å². The van der Waals surface area contributed by atoms with Crippen LogP contribution in [-0.4, -0.2) is 12.1 Å². The van der Waals surface area contributed by atoms with Gasteiger partial charge >= 0.3 is 0 Å². The van der Waals surface area contributed by atoms with Gasteiger partial charge in [-0.3, -0.25) is 4.79 Å². The van der Waals surface area contributed by atoms with E-state index in [2.05, 4.69) is 10.5 Å². The Morgan fingerprint density at radius 2 is 1.86 bits per heavy atom. The minimum Gasteiger partial charge on any atom is -0.267 e. The first-order valence-corrected chi connectivity index (χ1v) is 7.15. The van der Waals surface area contributed by atoms with Gasteiger partial charge in [0.15, 0.2) is 0 Å². The molecule has 108 valence electrons.